The van der Waals surface area contributed by atoms with Crippen molar-refractivity contribution in [2.45, 2.75) is 0 Å². The van der Waals surface area contributed by atoms with Crippen LogP contribution in [-0.4, -0.2) is 17.7 Å². The Morgan fingerprint density at radius 2 is 1.68 bits per heavy atom. The van der Waals surface area contributed by atoms with Crippen LogP contribution in [-0.2, 0) is 4.79 Å². The molecule has 0 fully saturated rings. The van der Waals surface area contributed by atoms with Crippen molar-refractivity contribution in [3.8, 4) is 17.2 Å². The van der Waals surface area contributed by atoms with E-state index >= 15 is 0 Å². The van der Waals surface area contributed by atoms with E-state index in [0.29, 0.717) is 22.3 Å². The van der Waals surface area contributed by atoms with E-state index in [1.807, 2.05) is 0 Å². The van der Waals surface area contributed by atoms with Crippen LogP contribution in [0.3, 0.4) is 0 Å². The molecule has 5 heteroatoms. The fraction of sp³-hybridized carbons (Fsp3) is 0.0714. The lowest BCUT2D eigenvalue weighted by Gasteiger charge is -2.11. The Morgan fingerprint density at radius 3 is 2.32 bits per heavy atom. The van der Waals surface area contributed by atoms with Gasteiger partial charge in [0.25, 0.3) is 0 Å². The van der Waals surface area contributed by atoms with Crippen LogP contribution < -0.4 is 9.47 Å². The fourth-order valence-corrected chi connectivity index (χ4v) is 1.55. The van der Waals surface area contributed by atoms with Gasteiger partial charge in [-0.3, -0.25) is 0 Å². The first kappa shape index (κ1) is 13.2. The predicted molar refractivity (Wildman–Crippen MR) is 71.1 cm³/mol. The number of halogens is 1. The molecule has 0 aromatic heterocycles. The molecule has 2 aromatic carbocycles. The number of aliphatic carboxylic acids is 1. The van der Waals surface area contributed by atoms with Gasteiger partial charge in [0.2, 0.25) is 0 Å². The highest BCUT2D eigenvalue weighted by Crippen LogP contribution is 2.31. The molecule has 0 aliphatic rings. The minimum atomic E-state index is -1.04. The second-order valence-corrected chi connectivity index (χ2v) is 4.12. The van der Waals surface area contributed by atoms with Gasteiger partial charge < -0.3 is 14.6 Å². The van der Waals surface area contributed by atoms with Gasteiger partial charge in [0.15, 0.2) is 18.1 Å². The first-order chi connectivity index (χ1) is 9.15. The molecule has 2 rings (SSSR count). The molecular formula is C14H11ClO4. The van der Waals surface area contributed by atoms with E-state index in [4.69, 9.17) is 26.2 Å². The molecule has 0 aliphatic carbocycles. The Hall–Kier alpha value is -2.20. The summed E-state index contributed by atoms with van der Waals surface area (Å²) in [6.45, 7) is -0.416. The summed E-state index contributed by atoms with van der Waals surface area (Å²) < 4.78 is 10.8. The number of hydrogen-bond acceptors (Lipinski definition) is 3. The molecule has 0 spiro atoms. The van der Waals surface area contributed by atoms with E-state index in [2.05, 4.69) is 0 Å². The van der Waals surface area contributed by atoms with Crippen LogP contribution in [0.5, 0.6) is 17.2 Å². The minimum absolute atomic E-state index is 0.375. The summed E-state index contributed by atoms with van der Waals surface area (Å²) in [7, 11) is 0. The maximum absolute atomic E-state index is 10.5. The number of ether oxygens (including phenoxy) is 2. The molecule has 0 bridgehead atoms. The van der Waals surface area contributed by atoms with E-state index in [-0.39, 0.29) is 0 Å². The lowest BCUT2D eigenvalue weighted by molar-refractivity contribution is -0.139. The Bertz CT molecular complexity index is 566. The molecular weight excluding hydrogens is 268 g/mol. The summed E-state index contributed by atoms with van der Waals surface area (Å²) in [6, 6.07) is 13.7. The lowest BCUT2D eigenvalue weighted by atomic mass is 10.3. The fourth-order valence-electron chi connectivity index (χ4n) is 1.42. The van der Waals surface area contributed by atoms with E-state index in [9.17, 15) is 4.79 Å². The Kier molecular flexibility index (Phi) is 4.26. The Labute approximate surface area is 115 Å². The van der Waals surface area contributed by atoms with Gasteiger partial charge in [-0.25, -0.2) is 4.79 Å². The summed E-state index contributed by atoms with van der Waals surface area (Å²) in [6.07, 6.45) is 0. The topological polar surface area (TPSA) is 55.8 Å². The average molecular weight is 279 g/mol. The van der Waals surface area contributed by atoms with Crippen molar-refractivity contribution in [1.29, 1.82) is 0 Å². The molecule has 98 valence electrons. The summed E-state index contributed by atoms with van der Waals surface area (Å²) in [5, 5.41) is 9.22. The zero-order chi connectivity index (χ0) is 13.7. The third-order valence-electron chi connectivity index (χ3n) is 2.24. The number of carboxylic acid groups (broad SMARTS) is 1. The smallest absolute Gasteiger partial charge is 0.341 e. The number of benzene rings is 2. The van der Waals surface area contributed by atoms with Gasteiger partial charge in [-0.1, -0.05) is 23.7 Å². The normalized spacial score (nSPS) is 9.95. The third-order valence-corrected chi connectivity index (χ3v) is 2.49. The van der Waals surface area contributed by atoms with Gasteiger partial charge in [0.05, 0.1) is 0 Å². The molecule has 0 amide bonds. The quantitative estimate of drug-likeness (QED) is 0.908. The van der Waals surface area contributed by atoms with Gasteiger partial charge in [-0.05, 0) is 36.4 Å². The molecule has 0 saturated heterocycles. The van der Waals surface area contributed by atoms with Crippen molar-refractivity contribution in [2.75, 3.05) is 6.61 Å². The molecule has 0 unspecified atom stereocenters. The highest BCUT2D eigenvalue weighted by atomic mass is 35.5. The van der Waals surface area contributed by atoms with Gasteiger partial charge in [0, 0.05) is 5.02 Å². The van der Waals surface area contributed by atoms with E-state index in [1.165, 1.54) is 0 Å². The van der Waals surface area contributed by atoms with Gasteiger partial charge >= 0.3 is 5.97 Å². The molecule has 19 heavy (non-hydrogen) atoms. The number of hydrogen-bond donors (Lipinski definition) is 1. The maximum Gasteiger partial charge on any atom is 0.341 e. The van der Waals surface area contributed by atoms with Crippen LogP contribution in [0.1, 0.15) is 0 Å². The van der Waals surface area contributed by atoms with E-state index in [0.717, 1.165) is 0 Å². The predicted octanol–water partition coefficient (Wildman–Crippen LogP) is 3.60. The monoisotopic (exact) mass is 278 g/mol. The van der Waals surface area contributed by atoms with Crippen molar-refractivity contribution in [3.63, 3.8) is 0 Å². The second-order valence-electron chi connectivity index (χ2n) is 3.69. The van der Waals surface area contributed by atoms with E-state index in [1.54, 1.807) is 48.5 Å². The molecule has 4 nitrogen and oxygen atoms in total. The molecule has 1 N–H and O–H groups in total. The number of carbonyl (C=O) groups is 1. The Morgan fingerprint density at radius 1 is 1.05 bits per heavy atom. The van der Waals surface area contributed by atoms with Gasteiger partial charge in [-0.2, -0.15) is 0 Å². The van der Waals surface area contributed by atoms with Crippen LogP contribution in [0.25, 0.3) is 0 Å². The summed E-state index contributed by atoms with van der Waals surface area (Å²) >= 11 is 5.78. The molecule has 0 radical (unpaired) electrons. The Balaban J connectivity index is 2.15. The molecule has 2 aromatic rings. The number of carboxylic acids is 1. The zero-order valence-electron chi connectivity index (χ0n) is 9.88. The molecule has 0 aliphatic heterocycles. The maximum atomic E-state index is 10.5. The lowest BCUT2D eigenvalue weighted by Crippen LogP contribution is -2.09. The average Bonchev–Trinajstić information content (AvgIpc) is 2.40. The summed E-state index contributed by atoms with van der Waals surface area (Å²) in [4.78, 5) is 10.5. The van der Waals surface area contributed by atoms with Crippen molar-refractivity contribution in [3.05, 3.63) is 53.6 Å². The van der Waals surface area contributed by atoms with Gasteiger partial charge in [-0.15, -0.1) is 0 Å². The van der Waals surface area contributed by atoms with E-state index < -0.39 is 12.6 Å². The van der Waals surface area contributed by atoms with Crippen molar-refractivity contribution in [2.24, 2.45) is 0 Å². The second kappa shape index (κ2) is 6.11. The molecule has 0 atom stereocenters. The van der Waals surface area contributed by atoms with Crippen LogP contribution in [0.2, 0.25) is 5.02 Å². The zero-order valence-corrected chi connectivity index (χ0v) is 10.6. The van der Waals surface area contributed by atoms with Crippen LogP contribution in [0, 0.1) is 0 Å². The SMILES string of the molecule is O=C(O)COc1ccccc1Oc1ccc(Cl)cc1. The van der Waals surface area contributed by atoms with Crippen LogP contribution in [0.15, 0.2) is 48.5 Å². The summed E-state index contributed by atoms with van der Waals surface area (Å²) in [5.74, 6) is 0.378. The third kappa shape index (κ3) is 3.89. The molecule has 0 heterocycles. The standard InChI is InChI=1S/C14H11ClO4/c15-10-5-7-11(8-6-10)19-13-4-2-1-3-12(13)18-9-14(16)17/h1-8H,9H2,(H,16,17). The minimum Gasteiger partial charge on any atom is -0.479 e. The van der Waals surface area contributed by atoms with Crippen molar-refractivity contribution in [1.82, 2.24) is 0 Å². The van der Waals surface area contributed by atoms with Gasteiger partial charge in [0.1, 0.15) is 5.75 Å². The highest BCUT2D eigenvalue weighted by molar-refractivity contribution is 6.30. The van der Waals surface area contributed by atoms with Crippen LogP contribution in [0.4, 0.5) is 0 Å². The highest BCUT2D eigenvalue weighted by Gasteiger charge is 2.07. The summed E-state index contributed by atoms with van der Waals surface area (Å²) in [5.41, 5.74) is 0. The first-order valence-electron chi connectivity index (χ1n) is 5.52. The van der Waals surface area contributed by atoms with Crippen LogP contribution >= 0.6 is 11.6 Å². The number of rotatable bonds is 5. The van der Waals surface area contributed by atoms with Crippen molar-refractivity contribution < 1.29 is 19.4 Å². The largest absolute Gasteiger partial charge is 0.479 e. The first-order valence-corrected chi connectivity index (χ1v) is 5.90. The molecule has 0 saturated carbocycles. The van der Waals surface area contributed by atoms with Crippen molar-refractivity contribution >= 4 is 17.6 Å². The number of para-hydroxylation sites is 2.